The molecule has 3 rings (SSSR count). The van der Waals surface area contributed by atoms with E-state index in [2.05, 4.69) is 53.3 Å². The lowest BCUT2D eigenvalue weighted by molar-refractivity contribution is 0.0930. The van der Waals surface area contributed by atoms with Gasteiger partial charge < -0.3 is 10.3 Å². The van der Waals surface area contributed by atoms with Crippen LogP contribution in [-0.4, -0.2) is 41.5 Å². The number of hydrogen-bond donors (Lipinski definition) is 2. The van der Waals surface area contributed by atoms with Crippen molar-refractivity contribution in [2.45, 2.75) is 26.3 Å². The Kier molecular flexibility index (Phi) is 6.54. The average molecular weight is 384 g/mol. The minimum absolute atomic E-state index is 0.165. The summed E-state index contributed by atoms with van der Waals surface area (Å²) in [4.78, 5) is 18.3. The molecule has 1 atom stereocenters. The molecule has 0 bridgehead atoms. The van der Waals surface area contributed by atoms with Gasteiger partial charge in [0.25, 0.3) is 5.91 Å². The molecule has 2 N–H and O–H groups in total. The third kappa shape index (κ3) is 4.52. The number of rotatable bonds is 8. The highest BCUT2D eigenvalue weighted by Crippen LogP contribution is 2.27. The molecular weight excluding hydrogens is 358 g/mol. The Bertz CT molecular complexity index is 887. The Balaban J connectivity index is 1.73. The Morgan fingerprint density at radius 3 is 2.41 bits per heavy atom. The second-order valence-electron chi connectivity index (χ2n) is 6.63. The fourth-order valence-corrected chi connectivity index (χ4v) is 3.82. The Morgan fingerprint density at radius 1 is 1.07 bits per heavy atom. The van der Waals surface area contributed by atoms with Crippen molar-refractivity contribution in [1.29, 1.82) is 0 Å². The summed E-state index contributed by atoms with van der Waals surface area (Å²) in [6.07, 6.45) is 0.892. The fourth-order valence-electron chi connectivity index (χ4n) is 3.52. The molecule has 1 unspecified atom stereocenters. The SMILES string of the molecule is CCN(CC)C(CNC(=O)c1[nH]c2ccccc2c1Cl)Cc1ccccc1. The first-order valence-corrected chi connectivity index (χ1v) is 9.84. The van der Waals surface area contributed by atoms with E-state index in [-0.39, 0.29) is 11.9 Å². The number of H-pyrrole nitrogens is 1. The van der Waals surface area contributed by atoms with Crippen LogP contribution in [0.5, 0.6) is 0 Å². The molecule has 1 aromatic heterocycles. The molecule has 0 radical (unpaired) electrons. The van der Waals surface area contributed by atoms with Gasteiger partial charge in [0, 0.05) is 23.5 Å². The normalized spacial score (nSPS) is 12.4. The van der Waals surface area contributed by atoms with E-state index >= 15 is 0 Å². The van der Waals surface area contributed by atoms with Crippen molar-refractivity contribution in [3.05, 3.63) is 70.9 Å². The number of benzene rings is 2. The zero-order valence-corrected chi connectivity index (χ0v) is 16.6. The summed E-state index contributed by atoms with van der Waals surface area (Å²) >= 11 is 6.41. The van der Waals surface area contributed by atoms with Gasteiger partial charge in [-0.3, -0.25) is 9.69 Å². The quantitative estimate of drug-likeness (QED) is 0.601. The molecule has 1 heterocycles. The Labute approximate surface area is 165 Å². The molecule has 5 heteroatoms. The van der Waals surface area contributed by atoms with Crippen LogP contribution in [0, 0.1) is 0 Å². The number of likely N-dealkylation sites (N-methyl/N-ethyl adjacent to an activating group) is 1. The van der Waals surface area contributed by atoms with Crippen LogP contribution in [0.4, 0.5) is 0 Å². The topological polar surface area (TPSA) is 48.1 Å². The predicted octanol–water partition coefficient (Wildman–Crippen LogP) is 4.50. The number of amides is 1. The lowest BCUT2D eigenvalue weighted by atomic mass is 10.0. The lowest BCUT2D eigenvalue weighted by Gasteiger charge is -2.30. The van der Waals surface area contributed by atoms with E-state index < -0.39 is 0 Å². The van der Waals surface area contributed by atoms with Gasteiger partial charge in [-0.15, -0.1) is 0 Å². The average Bonchev–Trinajstić information content (AvgIpc) is 3.04. The van der Waals surface area contributed by atoms with Gasteiger partial charge in [0.15, 0.2) is 0 Å². The van der Waals surface area contributed by atoms with E-state index in [0.717, 1.165) is 30.4 Å². The van der Waals surface area contributed by atoms with Crippen molar-refractivity contribution in [2.24, 2.45) is 0 Å². The van der Waals surface area contributed by atoms with E-state index in [0.29, 0.717) is 17.3 Å². The van der Waals surface area contributed by atoms with E-state index in [1.165, 1.54) is 5.56 Å². The monoisotopic (exact) mass is 383 g/mol. The maximum Gasteiger partial charge on any atom is 0.269 e. The van der Waals surface area contributed by atoms with Crippen LogP contribution in [0.3, 0.4) is 0 Å². The fraction of sp³-hybridized carbons (Fsp3) is 0.318. The second kappa shape index (κ2) is 9.07. The number of hydrogen-bond acceptors (Lipinski definition) is 2. The van der Waals surface area contributed by atoms with Crippen molar-refractivity contribution in [2.75, 3.05) is 19.6 Å². The van der Waals surface area contributed by atoms with Crippen LogP contribution in [0.15, 0.2) is 54.6 Å². The molecule has 0 spiro atoms. The van der Waals surface area contributed by atoms with Crippen LogP contribution in [0.2, 0.25) is 5.02 Å². The Hall–Kier alpha value is -2.30. The summed E-state index contributed by atoms with van der Waals surface area (Å²) in [5.74, 6) is -0.165. The molecule has 4 nitrogen and oxygen atoms in total. The van der Waals surface area contributed by atoms with Crippen molar-refractivity contribution in [3.8, 4) is 0 Å². The highest BCUT2D eigenvalue weighted by atomic mass is 35.5. The maximum absolute atomic E-state index is 12.7. The summed E-state index contributed by atoms with van der Waals surface area (Å²) in [6.45, 7) is 6.75. The van der Waals surface area contributed by atoms with Crippen molar-refractivity contribution in [1.82, 2.24) is 15.2 Å². The van der Waals surface area contributed by atoms with Crippen LogP contribution in [-0.2, 0) is 6.42 Å². The molecule has 0 saturated heterocycles. The summed E-state index contributed by atoms with van der Waals surface area (Å²) in [7, 11) is 0. The minimum Gasteiger partial charge on any atom is -0.349 e. The number of aromatic nitrogens is 1. The number of aromatic amines is 1. The highest BCUT2D eigenvalue weighted by Gasteiger charge is 2.20. The van der Waals surface area contributed by atoms with Gasteiger partial charge in [0.05, 0.1) is 5.02 Å². The van der Waals surface area contributed by atoms with Gasteiger partial charge in [-0.05, 0) is 31.1 Å². The largest absolute Gasteiger partial charge is 0.349 e. The number of fused-ring (bicyclic) bond motifs is 1. The molecule has 0 aliphatic heterocycles. The van der Waals surface area contributed by atoms with E-state index in [1.54, 1.807) is 0 Å². The van der Waals surface area contributed by atoms with Crippen molar-refractivity contribution < 1.29 is 4.79 Å². The zero-order valence-electron chi connectivity index (χ0n) is 15.8. The molecule has 2 aromatic carbocycles. The first kappa shape index (κ1) is 19.5. The molecule has 3 aromatic rings. The molecule has 142 valence electrons. The zero-order chi connectivity index (χ0) is 19.2. The summed E-state index contributed by atoms with van der Waals surface area (Å²) in [6, 6.07) is 18.3. The van der Waals surface area contributed by atoms with Gasteiger partial charge in [-0.2, -0.15) is 0 Å². The Morgan fingerprint density at radius 2 is 1.74 bits per heavy atom. The standard InChI is InChI=1S/C22H26ClN3O/c1-3-26(4-2)17(14-16-10-6-5-7-11-16)15-24-22(27)21-20(23)18-12-8-9-13-19(18)25-21/h5-13,17,25H,3-4,14-15H2,1-2H3,(H,24,27). The number of nitrogens with zero attached hydrogens (tertiary/aromatic N) is 1. The second-order valence-corrected chi connectivity index (χ2v) is 7.01. The molecule has 0 fully saturated rings. The van der Waals surface area contributed by atoms with Crippen molar-refractivity contribution >= 4 is 28.4 Å². The van der Waals surface area contributed by atoms with Gasteiger partial charge in [-0.1, -0.05) is 74.0 Å². The molecule has 1 amide bonds. The smallest absolute Gasteiger partial charge is 0.269 e. The number of para-hydroxylation sites is 1. The van der Waals surface area contributed by atoms with Crippen molar-refractivity contribution in [3.63, 3.8) is 0 Å². The van der Waals surface area contributed by atoms with E-state index in [4.69, 9.17) is 11.6 Å². The molecular formula is C22H26ClN3O. The van der Waals surface area contributed by atoms with Gasteiger partial charge in [0.1, 0.15) is 5.69 Å². The summed E-state index contributed by atoms with van der Waals surface area (Å²) in [5, 5.41) is 4.42. The minimum atomic E-state index is -0.165. The van der Waals surface area contributed by atoms with Crippen LogP contribution in [0.1, 0.15) is 29.9 Å². The predicted molar refractivity (Wildman–Crippen MR) is 112 cm³/mol. The van der Waals surface area contributed by atoms with Gasteiger partial charge >= 0.3 is 0 Å². The number of carbonyl (C=O) groups excluding carboxylic acids is 1. The lowest BCUT2D eigenvalue weighted by Crippen LogP contribution is -2.45. The van der Waals surface area contributed by atoms with Crippen LogP contribution >= 0.6 is 11.6 Å². The first-order chi connectivity index (χ1) is 13.1. The highest BCUT2D eigenvalue weighted by molar-refractivity contribution is 6.38. The molecule has 27 heavy (non-hydrogen) atoms. The number of carbonyl (C=O) groups is 1. The van der Waals surface area contributed by atoms with E-state index in [1.807, 2.05) is 30.3 Å². The van der Waals surface area contributed by atoms with Gasteiger partial charge in [-0.25, -0.2) is 0 Å². The third-order valence-corrected chi connectivity index (χ3v) is 5.40. The number of nitrogens with one attached hydrogen (secondary N) is 2. The van der Waals surface area contributed by atoms with Gasteiger partial charge in [0.2, 0.25) is 0 Å². The summed E-state index contributed by atoms with van der Waals surface area (Å²) < 4.78 is 0. The molecule has 0 saturated carbocycles. The molecule has 0 aliphatic rings. The first-order valence-electron chi connectivity index (χ1n) is 9.46. The third-order valence-electron chi connectivity index (χ3n) is 5.01. The maximum atomic E-state index is 12.7. The summed E-state index contributed by atoms with van der Waals surface area (Å²) in [5.41, 5.74) is 2.57. The number of halogens is 1. The van der Waals surface area contributed by atoms with Crippen LogP contribution < -0.4 is 5.32 Å². The van der Waals surface area contributed by atoms with E-state index in [9.17, 15) is 4.79 Å². The molecule has 0 aliphatic carbocycles. The van der Waals surface area contributed by atoms with Crippen LogP contribution in [0.25, 0.3) is 10.9 Å².